The van der Waals surface area contributed by atoms with E-state index in [0.717, 1.165) is 17.2 Å². The van der Waals surface area contributed by atoms with Gasteiger partial charge in [-0.2, -0.15) is 0 Å². The Morgan fingerprint density at radius 1 is 0.500 bits per heavy atom. The molecule has 0 saturated carbocycles. The molecule has 134 valence electrons. The first-order valence-electron chi connectivity index (χ1n) is 8.24. The second-order valence-electron chi connectivity index (χ2n) is 5.84. The summed E-state index contributed by atoms with van der Waals surface area (Å²) in [5.41, 5.74) is 0. The molecule has 0 fully saturated rings. The topological polar surface area (TPSA) is 27.7 Å². The minimum atomic E-state index is -3.12. The van der Waals surface area contributed by atoms with Crippen LogP contribution in [0.25, 0.3) is 0 Å². The molecule has 26 heavy (non-hydrogen) atoms. The summed E-state index contributed by atoms with van der Waals surface area (Å²) in [7, 11) is 5.09. The number of methoxy groups -OCH3 is 3. The number of rotatable bonds is 6. The van der Waals surface area contributed by atoms with E-state index < -0.39 is 14.4 Å². The minimum absolute atomic E-state index is 0.878. The Balaban J connectivity index is 2.15. The third kappa shape index (κ3) is 3.81. The molecule has 0 atom stereocenters. The molecule has 0 heterocycles. The first-order valence-corrected chi connectivity index (χ1v) is 20.8. The third-order valence-electron chi connectivity index (χ3n) is 4.46. The summed E-state index contributed by atoms with van der Waals surface area (Å²) in [5.74, 6) is 2.63. The molecule has 0 N–H and O–H groups in total. The SMILES string of the molecule is COc1cc[c]([Sn]([I])([c]2ccc(OC)cc2)[c]2ccc(OC)cc2)cc1. The van der Waals surface area contributed by atoms with Crippen LogP contribution in [0.4, 0.5) is 0 Å². The van der Waals surface area contributed by atoms with E-state index in [4.69, 9.17) is 14.2 Å². The van der Waals surface area contributed by atoms with Gasteiger partial charge < -0.3 is 0 Å². The molecule has 0 spiro atoms. The van der Waals surface area contributed by atoms with E-state index in [0.29, 0.717) is 0 Å². The van der Waals surface area contributed by atoms with Crippen molar-refractivity contribution in [2.24, 2.45) is 0 Å². The van der Waals surface area contributed by atoms with Crippen LogP contribution in [0.5, 0.6) is 17.2 Å². The van der Waals surface area contributed by atoms with Crippen LogP contribution in [0.1, 0.15) is 0 Å². The quantitative estimate of drug-likeness (QED) is 0.339. The zero-order valence-corrected chi connectivity index (χ0v) is 20.0. The van der Waals surface area contributed by atoms with E-state index in [-0.39, 0.29) is 0 Å². The van der Waals surface area contributed by atoms with Crippen LogP contribution in [-0.4, -0.2) is 35.7 Å². The second-order valence-corrected chi connectivity index (χ2v) is 25.4. The number of ether oxygens (including phenoxy) is 3. The van der Waals surface area contributed by atoms with Crippen LogP contribution in [0.3, 0.4) is 0 Å². The first kappa shape index (κ1) is 19.4. The average Bonchev–Trinajstić information content (AvgIpc) is 2.73. The van der Waals surface area contributed by atoms with Gasteiger partial charge in [0.2, 0.25) is 0 Å². The zero-order chi connectivity index (χ0) is 18.6. The van der Waals surface area contributed by atoms with Gasteiger partial charge in [-0.1, -0.05) is 0 Å². The van der Waals surface area contributed by atoms with Crippen molar-refractivity contribution in [2.75, 3.05) is 21.3 Å². The Hall–Kier alpha value is -1.41. The number of benzene rings is 3. The zero-order valence-electron chi connectivity index (χ0n) is 15.0. The van der Waals surface area contributed by atoms with Crippen molar-refractivity contribution < 1.29 is 14.2 Å². The predicted octanol–water partition coefficient (Wildman–Crippen LogP) is 3.11. The van der Waals surface area contributed by atoms with Gasteiger partial charge in [0.25, 0.3) is 0 Å². The normalized spacial score (nSPS) is 11.1. The molecule has 0 aliphatic rings. The molecule has 0 saturated heterocycles. The molecule has 5 heteroatoms. The summed E-state index contributed by atoms with van der Waals surface area (Å²) in [6.45, 7) is 0. The molecule has 3 rings (SSSR count). The predicted molar refractivity (Wildman–Crippen MR) is 118 cm³/mol. The van der Waals surface area contributed by atoms with E-state index in [2.05, 4.69) is 55.0 Å². The molecule has 0 amide bonds. The Kier molecular flexibility index (Phi) is 6.34. The van der Waals surface area contributed by atoms with Crippen molar-refractivity contribution in [1.29, 1.82) is 0 Å². The number of hydrogen-bond donors (Lipinski definition) is 0. The standard InChI is InChI=1S/3C7H7O.HI.Sn/c3*1-8-7-5-3-2-4-6-7;;/h3*3-6H,1H3;1H;/q;;;;+1/p-1. The van der Waals surface area contributed by atoms with Gasteiger partial charge in [-0.15, -0.1) is 0 Å². The molecule has 0 aliphatic carbocycles. The monoisotopic (exact) mass is 568 g/mol. The van der Waals surface area contributed by atoms with Gasteiger partial charge in [0.05, 0.1) is 0 Å². The summed E-state index contributed by atoms with van der Waals surface area (Å²) in [6.07, 6.45) is 0. The Morgan fingerprint density at radius 3 is 0.923 bits per heavy atom. The van der Waals surface area contributed by atoms with Crippen molar-refractivity contribution in [3.8, 4) is 17.2 Å². The number of halogens is 1. The van der Waals surface area contributed by atoms with E-state index in [1.54, 1.807) is 21.3 Å². The molecule has 3 aromatic rings. The fraction of sp³-hybridized carbons (Fsp3) is 0.143. The first-order chi connectivity index (χ1) is 12.6. The molecule has 3 nitrogen and oxygen atoms in total. The summed E-state index contributed by atoms with van der Waals surface area (Å²) < 4.78 is 20.2. The summed E-state index contributed by atoms with van der Waals surface area (Å²) in [6, 6.07) is 25.5. The molecule has 0 unspecified atom stereocenters. The summed E-state index contributed by atoms with van der Waals surface area (Å²) in [4.78, 5) is 0. The van der Waals surface area contributed by atoms with Crippen molar-refractivity contribution in [1.82, 2.24) is 0 Å². The second kappa shape index (κ2) is 8.52. The van der Waals surface area contributed by atoms with Crippen LogP contribution in [0, 0.1) is 0 Å². The summed E-state index contributed by atoms with van der Waals surface area (Å²) in [5, 5.41) is 0. The Bertz CT molecular complexity index is 730. The van der Waals surface area contributed by atoms with Crippen LogP contribution < -0.4 is 24.9 Å². The van der Waals surface area contributed by atoms with E-state index in [1.807, 2.05) is 36.4 Å². The van der Waals surface area contributed by atoms with Gasteiger partial charge in [0.1, 0.15) is 0 Å². The Morgan fingerprint density at radius 2 is 0.731 bits per heavy atom. The molecular formula is C21H21IO3Sn. The van der Waals surface area contributed by atoms with Gasteiger partial charge in [0.15, 0.2) is 0 Å². The van der Waals surface area contributed by atoms with Gasteiger partial charge in [-0.3, -0.25) is 0 Å². The molecule has 0 radical (unpaired) electrons. The van der Waals surface area contributed by atoms with Crippen molar-refractivity contribution in [3.05, 3.63) is 72.8 Å². The van der Waals surface area contributed by atoms with Crippen LogP contribution in [0.15, 0.2) is 72.8 Å². The molecule has 0 aliphatic heterocycles. The third-order valence-corrected chi connectivity index (χ3v) is 26.7. The maximum atomic E-state index is 5.34. The Labute approximate surface area is 168 Å². The van der Waals surface area contributed by atoms with Gasteiger partial charge in [-0.05, 0) is 0 Å². The van der Waals surface area contributed by atoms with Crippen LogP contribution >= 0.6 is 18.6 Å². The van der Waals surface area contributed by atoms with Crippen molar-refractivity contribution >= 4 is 43.8 Å². The number of hydrogen-bond acceptors (Lipinski definition) is 3. The fourth-order valence-corrected chi connectivity index (χ4v) is 18.4. The molecular weight excluding hydrogens is 546 g/mol. The molecule has 3 aromatic carbocycles. The van der Waals surface area contributed by atoms with E-state index in [1.165, 1.54) is 10.7 Å². The van der Waals surface area contributed by atoms with E-state index in [9.17, 15) is 0 Å². The average molecular weight is 567 g/mol. The van der Waals surface area contributed by atoms with Gasteiger partial charge in [-0.25, -0.2) is 0 Å². The van der Waals surface area contributed by atoms with E-state index >= 15 is 0 Å². The maximum absolute atomic E-state index is 5.34. The van der Waals surface area contributed by atoms with Gasteiger partial charge >= 0.3 is 169 Å². The van der Waals surface area contributed by atoms with Crippen LogP contribution in [0.2, 0.25) is 0 Å². The van der Waals surface area contributed by atoms with Crippen molar-refractivity contribution in [3.63, 3.8) is 0 Å². The van der Waals surface area contributed by atoms with Gasteiger partial charge in [0, 0.05) is 0 Å². The molecule has 0 bridgehead atoms. The fourth-order valence-electron chi connectivity index (χ4n) is 2.96. The summed E-state index contributed by atoms with van der Waals surface area (Å²) >= 11 is -0.391. The van der Waals surface area contributed by atoms with Crippen LogP contribution in [-0.2, 0) is 0 Å². The molecule has 0 aromatic heterocycles. The van der Waals surface area contributed by atoms with Crippen molar-refractivity contribution in [2.45, 2.75) is 0 Å².